The van der Waals surface area contributed by atoms with Crippen molar-refractivity contribution < 1.29 is 24.2 Å². The number of likely N-dealkylation sites (N-methyl/N-ethyl adjacent to an activating group) is 1. The first-order valence-corrected chi connectivity index (χ1v) is 12.5. The summed E-state index contributed by atoms with van der Waals surface area (Å²) in [6, 6.07) is 17.6. The number of aromatic nitrogens is 1. The largest absolute Gasteiger partial charge is 0.485 e. The predicted molar refractivity (Wildman–Crippen MR) is 158 cm³/mol. The van der Waals surface area contributed by atoms with Crippen molar-refractivity contribution in [2.75, 3.05) is 23.8 Å². The van der Waals surface area contributed by atoms with Gasteiger partial charge in [0.25, 0.3) is 0 Å². The Morgan fingerprint density at radius 1 is 1.00 bits per heavy atom. The Hall–Kier alpha value is -4.05. The zero-order valence-corrected chi connectivity index (χ0v) is 23.7. The second kappa shape index (κ2) is 13.3. The highest BCUT2D eigenvalue weighted by atomic mass is 35.5. The molecule has 3 aromatic carbocycles. The van der Waals surface area contributed by atoms with Crippen LogP contribution in [-0.2, 0) is 11.4 Å². The minimum atomic E-state index is -1.12. The van der Waals surface area contributed by atoms with Crippen molar-refractivity contribution >= 4 is 75.8 Å². The molecule has 0 atom stereocenters. The number of benzene rings is 3. The second-order valence-electron chi connectivity index (χ2n) is 8.53. The Morgan fingerprint density at radius 3 is 2.38 bits per heavy atom. The summed E-state index contributed by atoms with van der Waals surface area (Å²) in [4.78, 5) is 42.8. The molecule has 0 radical (unpaired) electrons. The third-order valence-electron chi connectivity index (χ3n) is 5.89. The maximum absolute atomic E-state index is 13.2. The number of hydrogen-bond acceptors (Lipinski definition) is 5. The first-order chi connectivity index (χ1) is 18.7. The molecule has 9 nitrogen and oxygen atoms in total. The normalized spacial score (nSPS) is 10.4. The van der Waals surface area contributed by atoms with Crippen molar-refractivity contribution in [1.82, 2.24) is 10.3 Å². The number of amides is 3. The van der Waals surface area contributed by atoms with E-state index in [9.17, 15) is 14.4 Å². The summed E-state index contributed by atoms with van der Waals surface area (Å²) in [5.74, 6) is -1.18. The molecular weight excluding hydrogens is 579 g/mol. The van der Waals surface area contributed by atoms with Crippen molar-refractivity contribution in [2.24, 2.45) is 0 Å². The van der Waals surface area contributed by atoms with Crippen LogP contribution in [0.25, 0.3) is 10.9 Å². The molecule has 208 valence electrons. The van der Waals surface area contributed by atoms with Gasteiger partial charge in [0.2, 0.25) is 5.91 Å². The van der Waals surface area contributed by atoms with Crippen LogP contribution in [0.5, 0.6) is 5.75 Å². The van der Waals surface area contributed by atoms with E-state index >= 15 is 0 Å². The fraction of sp³-hybridized carbons (Fsp3) is 0.143. The maximum atomic E-state index is 13.2. The van der Waals surface area contributed by atoms with Gasteiger partial charge in [-0.2, -0.15) is 0 Å². The van der Waals surface area contributed by atoms with Gasteiger partial charge in [0.05, 0.1) is 29.0 Å². The summed E-state index contributed by atoms with van der Waals surface area (Å²) in [5, 5.41) is 15.7. The van der Waals surface area contributed by atoms with E-state index in [4.69, 9.17) is 33.0 Å². The van der Waals surface area contributed by atoms with E-state index in [1.165, 1.54) is 23.1 Å². The SMILES string of the molecule is Cc1nc2ccccc2c(N(C)C(=O)CNC(=O)Nc2cccc(C(=O)O)c2)c1OCc1c(Cl)cccc1Cl.Cl. The number of carbonyl (C=O) groups excluding carboxylic acids is 2. The van der Waals surface area contributed by atoms with E-state index in [0.717, 1.165) is 0 Å². The smallest absolute Gasteiger partial charge is 0.335 e. The Kier molecular flexibility index (Phi) is 10.2. The standard InChI is InChI=1S/C28H24Cl2N4O5.ClH/c1-16-26(39-15-20-21(29)10-6-11-22(20)30)25(19-9-3-4-12-23(19)32-16)34(2)24(35)14-31-28(38)33-18-8-5-7-17(13-18)27(36)37;/h3-13H,14-15H2,1-2H3,(H,36,37)(H2,31,33,38);1H. The molecule has 1 heterocycles. The third kappa shape index (κ3) is 6.93. The Labute approximate surface area is 246 Å². The average Bonchev–Trinajstić information content (AvgIpc) is 2.91. The number of ether oxygens (including phenoxy) is 1. The lowest BCUT2D eigenvalue weighted by atomic mass is 10.1. The number of carboxylic acid groups (broad SMARTS) is 1. The van der Waals surface area contributed by atoms with Crippen LogP contribution in [0.1, 0.15) is 21.6 Å². The van der Waals surface area contributed by atoms with Gasteiger partial charge in [-0.1, -0.05) is 53.5 Å². The van der Waals surface area contributed by atoms with E-state index in [1.54, 1.807) is 38.2 Å². The predicted octanol–water partition coefficient (Wildman–Crippen LogP) is 6.33. The number of anilines is 2. The van der Waals surface area contributed by atoms with Gasteiger partial charge < -0.3 is 25.4 Å². The Balaban J connectivity index is 0.00000441. The van der Waals surface area contributed by atoms with Gasteiger partial charge in [0.1, 0.15) is 6.61 Å². The molecule has 12 heteroatoms. The number of aromatic carboxylic acids is 1. The number of rotatable bonds is 8. The molecule has 4 aromatic rings. The monoisotopic (exact) mass is 602 g/mol. The molecule has 0 saturated carbocycles. The van der Waals surface area contributed by atoms with Crippen molar-refractivity contribution in [2.45, 2.75) is 13.5 Å². The maximum Gasteiger partial charge on any atom is 0.335 e. The van der Waals surface area contributed by atoms with Crippen molar-refractivity contribution in [3.63, 3.8) is 0 Å². The molecule has 0 aliphatic rings. The van der Waals surface area contributed by atoms with Crippen LogP contribution in [0.3, 0.4) is 0 Å². The van der Waals surface area contributed by atoms with Crippen molar-refractivity contribution in [3.8, 4) is 5.75 Å². The molecule has 3 amide bonds. The van der Waals surface area contributed by atoms with Crippen LogP contribution in [0.2, 0.25) is 10.0 Å². The van der Waals surface area contributed by atoms with E-state index < -0.39 is 17.9 Å². The topological polar surface area (TPSA) is 121 Å². The minimum Gasteiger partial charge on any atom is -0.485 e. The van der Waals surface area contributed by atoms with Gasteiger partial charge in [-0.15, -0.1) is 12.4 Å². The molecule has 0 fully saturated rings. The van der Waals surface area contributed by atoms with E-state index in [-0.39, 0.29) is 36.8 Å². The summed E-state index contributed by atoms with van der Waals surface area (Å²) in [7, 11) is 1.58. The summed E-state index contributed by atoms with van der Waals surface area (Å²) in [6.07, 6.45) is 0. The molecule has 4 rings (SSSR count). The molecule has 40 heavy (non-hydrogen) atoms. The van der Waals surface area contributed by atoms with Gasteiger partial charge in [-0.25, -0.2) is 14.6 Å². The van der Waals surface area contributed by atoms with E-state index in [1.807, 2.05) is 24.3 Å². The van der Waals surface area contributed by atoms with Crippen molar-refractivity contribution in [3.05, 3.63) is 93.6 Å². The highest BCUT2D eigenvalue weighted by Gasteiger charge is 2.23. The van der Waals surface area contributed by atoms with Crippen LogP contribution in [0.15, 0.2) is 66.7 Å². The zero-order chi connectivity index (χ0) is 28.1. The average molecular weight is 604 g/mol. The van der Waals surface area contributed by atoms with Crippen LogP contribution < -0.4 is 20.3 Å². The number of hydrogen-bond donors (Lipinski definition) is 3. The molecule has 0 spiro atoms. The molecule has 1 aromatic heterocycles. The van der Waals surface area contributed by atoms with Crippen LogP contribution in [0.4, 0.5) is 16.2 Å². The number of para-hydroxylation sites is 1. The summed E-state index contributed by atoms with van der Waals surface area (Å²) < 4.78 is 6.16. The Bertz CT molecular complexity index is 1560. The fourth-order valence-corrected chi connectivity index (χ4v) is 4.43. The van der Waals surface area contributed by atoms with E-state index in [0.29, 0.717) is 43.6 Å². The molecule has 0 bridgehead atoms. The lowest BCUT2D eigenvalue weighted by molar-refractivity contribution is -0.117. The molecular formula is C28H25Cl3N4O5. The number of carbonyl (C=O) groups is 3. The van der Waals surface area contributed by atoms with E-state index in [2.05, 4.69) is 15.6 Å². The second-order valence-corrected chi connectivity index (χ2v) is 9.34. The number of carboxylic acids is 1. The van der Waals surface area contributed by atoms with Gasteiger partial charge >= 0.3 is 12.0 Å². The third-order valence-corrected chi connectivity index (χ3v) is 6.60. The van der Waals surface area contributed by atoms with Crippen LogP contribution >= 0.6 is 35.6 Å². The minimum absolute atomic E-state index is 0. The quantitative estimate of drug-likeness (QED) is 0.216. The number of urea groups is 1. The van der Waals surface area contributed by atoms with Gasteiger partial charge in [0.15, 0.2) is 5.75 Å². The molecule has 0 aliphatic heterocycles. The van der Waals surface area contributed by atoms with Gasteiger partial charge in [0, 0.05) is 33.7 Å². The number of nitrogens with zero attached hydrogens (tertiary/aromatic N) is 2. The number of aryl methyl sites for hydroxylation is 1. The van der Waals surface area contributed by atoms with Crippen LogP contribution in [-0.4, -0.2) is 41.6 Å². The summed E-state index contributed by atoms with van der Waals surface area (Å²) >= 11 is 12.6. The molecule has 0 saturated heterocycles. The summed E-state index contributed by atoms with van der Waals surface area (Å²) in [6.45, 7) is 1.48. The Morgan fingerprint density at radius 2 is 1.68 bits per heavy atom. The lowest BCUT2D eigenvalue weighted by Gasteiger charge is -2.24. The fourth-order valence-electron chi connectivity index (χ4n) is 3.92. The molecule has 0 unspecified atom stereocenters. The molecule has 3 N–H and O–H groups in total. The number of pyridine rings is 1. The number of nitrogens with one attached hydrogen (secondary N) is 2. The lowest BCUT2D eigenvalue weighted by Crippen LogP contribution is -2.40. The first-order valence-electron chi connectivity index (χ1n) is 11.8. The highest BCUT2D eigenvalue weighted by molar-refractivity contribution is 6.36. The van der Waals surface area contributed by atoms with Gasteiger partial charge in [-0.3, -0.25) is 4.79 Å². The summed E-state index contributed by atoms with van der Waals surface area (Å²) in [5.41, 5.74) is 2.58. The number of fused-ring (bicyclic) bond motifs is 1. The number of halogens is 3. The highest BCUT2D eigenvalue weighted by Crippen LogP contribution is 2.38. The first kappa shape index (κ1) is 30.5. The van der Waals surface area contributed by atoms with Crippen molar-refractivity contribution in [1.29, 1.82) is 0 Å². The van der Waals surface area contributed by atoms with Crippen LogP contribution in [0, 0.1) is 6.92 Å². The van der Waals surface area contributed by atoms with Gasteiger partial charge in [-0.05, 0) is 43.3 Å². The molecule has 0 aliphatic carbocycles. The zero-order valence-electron chi connectivity index (χ0n) is 21.4.